The van der Waals surface area contributed by atoms with E-state index >= 15 is 0 Å². The number of para-hydroxylation sites is 1. The number of anilines is 1. The monoisotopic (exact) mass is 309 g/mol. The molecule has 0 unspecified atom stereocenters. The zero-order valence-corrected chi connectivity index (χ0v) is 12.5. The van der Waals surface area contributed by atoms with E-state index < -0.39 is 0 Å². The Labute approximate surface area is 132 Å². The zero-order valence-electron chi connectivity index (χ0n) is 12.5. The van der Waals surface area contributed by atoms with Gasteiger partial charge in [0, 0.05) is 5.69 Å². The molecule has 116 valence electrons. The van der Waals surface area contributed by atoms with Crippen LogP contribution in [0.4, 0.5) is 5.69 Å². The molecular weight excluding hydrogens is 294 g/mol. The highest BCUT2D eigenvalue weighted by atomic mass is 16.5. The quantitative estimate of drug-likeness (QED) is 0.726. The standard InChI is InChI=1S/C17H15N3O3/c1-2-23-17(22)11-6-8-12(9-7-11)20-16(21)13-4-3-5-14-15(13)19-10-18-14/h3-10H,2H2,1H3,(H,18,19)(H,20,21). The first kappa shape index (κ1) is 14.8. The number of esters is 1. The third kappa shape index (κ3) is 3.06. The van der Waals surface area contributed by atoms with Crippen LogP contribution in [-0.4, -0.2) is 28.5 Å². The summed E-state index contributed by atoms with van der Waals surface area (Å²) in [4.78, 5) is 31.1. The van der Waals surface area contributed by atoms with E-state index in [0.717, 1.165) is 5.52 Å². The molecular formula is C17H15N3O3. The van der Waals surface area contributed by atoms with Crippen LogP contribution in [0.1, 0.15) is 27.6 Å². The highest BCUT2D eigenvalue weighted by Crippen LogP contribution is 2.17. The lowest BCUT2D eigenvalue weighted by Crippen LogP contribution is -2.12. The van der Waals surface area contributed by atoms with Crippen LogP contribution in [0.25, 0.3) is 11.0 Å². The summed E-state index contributed by atoms with van der Waals surface area (Å²) in [5.41, 5.74) is 2.94. The topological polar surface area (TPSA) is 84.1 Å². The van der Waals surface area contributed by atoms with Gasteiger partial charge in [-0.2, -0.15) is 0 Å². The van der Waals surface area contributed by atoms with Crippen molar-refractivity contribution >= 4 is 28.6 Å². The molecule has 3 aromatic rings. The van der Waals surface area contributed by atoms with Gasteiger partial charge in [-0.15, -0.1) is 0 Å². The largest absolute Gasteiger partial charge is 0.462 e. The van der Waals surface area contributed by atoms with Gasteiger partial charge < -0.3 is 15.0 Å². The minimum Gasteiger partial charge on any atom is -0.462 e. The Balaban J connectivity index is 1.78. The Morgan fingerprint density at radius 3 is 2.70 bits per heavy atom. The molecule has 0 spiro atoms. The van der Waals surface area contributed by atoms with Crippen molar-refractivity contribution in [3.8, 4) is 0 Å². The molecule has 3 rings (SSSR count). The number of hydrogen-bond acceptors (Lipinski definition) is 4. The highest BCUT2D eigenvalue weighted by Gasteiger charge is 2.12. The average Bonchev–Trinajstić information content (AvgIpc) is 3.04. The Morgan fingerprint density at radius 2 is 1.96 bits per heavy atom. The number of rotatable bonds is 4. The predicted molar refractivity (Wildman–Crippen MR) is 86.4 cm³/mol. The minimum absolute atomic E-state index is 0.258. The van der Waals surface area contributed by atoms with Crippen molar-refractivity contribution in [2.45, 2.75) is 6.92 Å². The summed E-state index contributed by atoms with van der Waals surface area (Å²) in [5.74, 6) is -0.641. The first-order valence-corrected chi connectivity index (χ1v) is 7.19. The molecule has 0 saturated carbocycles. The number of aromatic nitrogens is 2. The fraction of sp³-hybridized carbons (Fsp3) is 0.118. The summed E-state index contributed by atoms with van der Waals surface area (Å²) >= 11 is 0. The number of H-pyrrole nitrogens is 1. The van der Waals surface area contributed by atoms with E-state index in [-0.39, 0.29) is 11.9 Å². The highest BCUT2D eigenvalue weighted by molar-refractivity contribution is 6.11. The van der Waals surface area contributed by atoms with Crippen LogP contribution in [0.3, 0.4) is 0 Å². The van der Waals surface area contributed by atoms with Crippen molar-refractivity contribution in [2.75, 3.05) is 11.9 Å². The Morgan fingerprint density at radius 1 is 1.17 bits per heavy atom. The van der Waals surface area contributed by atoms with Gasteiger partial charge in [-0.25, -0.2) is 9.78 Å². The van der Waals surface area contributed by atoms with Gasteiger partial charge in [0.2, 0.25) is 0 Å². The molecule has 2 aromatic carbocycles. The maximum atomic E-state index is 12.4. The minimum atomic E-state index is -0.383. The van der Waals surface area contributed by atoms with Gasteiger partial charge in [-0.3, -0.25) is 4.79 Å². The number of carbonyl (C=O) groups excluding carboxylic acids is 2. The van der Waals surface area contributed by atoms with Crippen LogP contribution in [0.5, 0.6) is 0 Å². The van der Waals surface area contributed by atoms with E-state index in [1.54, 1.807) is 49.6 Å². The molecule has 0 fully saturated rings. The fourth-order valence-electron chi connectivity index (χ4n) is 2.25. The van der Waals surface area contributed by atoms with Crippen LogP contribution in [0.2, 0.25) is 0 Å². The molecule has 6 nitrogen and oxygen atoms in total. The number of benzene rings is 2. The molecule has 0 aliphatic carbocycles. The summed E-state index contributed by atoms with van der Waals surface area (Å²) in [7, 11) is 0. The summed E-state index contributed by atoms with van der Waals surface area (Å²) in [5, 5.41) is 2.79. The van der Waals surface area contributed by atoms with Gasteiger partial charge in [-0.05, 0) is 43.3 Å². The van der Waals surface area contributed by atoms with Gasteiger partial charge >= 0.3 is 5.97 Å². The molecule has 0 radical (unpaired) electrons. The molecule has 6 heteroatoms. The molecule has 23 heavy (non-hydrogen) atoms. The first-order chi connectivity index (χ1) is 11.2. The zero-order chi connectivity index (χ0) is 16.2. The number of aromatic amines is 1. The smallest absolute Gasteiger partial charge is 0.338 e. The Kier molecular flexibility index (Phi) is 4.05. The number of fused-ring (bicyclic) bond motifs is 1. The number of ether oxygens (including phenoxy) is 1. The molecule has 0 bridgehead atoms. The second kappa shape index (κ2) is 6.31. The van der Waals surface area contributed by atoms with Crippen LogP contribution in [-0.2, 0) is 4.74 Å². The number of imidazole rings is 1. The maximum Gasteiger partial charge on any atom is 0.338 e. The van der Waals surface area contributed by atoms with E-state index in [2.05, 4.69) is 15.3 Å². The van der Waals surface area contributed by atoms with Crippen molar-refractivity contribution < 1.29 is 14.3 Å². The van der Waals surface area contributed by atoms with Gasteiger partial charge in [0.1, 0.15) is 5.52 Å². The second-order valence-electron chi connectivity index (χ2n) is 4.86. The van der Waals surface area contributed by atoms with E-state index in [1.165, 1.54) is 0 Å². The van der Waals surface area contributed by atoms with Crippen molar-refractivity contribution in [3.63, 3.8) is 0 Å². The average molecular weight is 309 g/mol. The van der Waals surface area contributed by atoms with Gasteiger partial charge in [0.25, 0.3) is 5.91 Å². The summed E-state index contributed by atoms with van der Waals surface area (Å²) in [6.07, 6.45) is 1.55. The predicted octanol–water partition coefficient (Wildman–Crippen LogP) is 2.99. The number of nitrogens with zero attached hydrogens (tertiary/aromatic N) is 1. The van der Waals surface area contributed by atoms with Crippen LogP contribution < -0.4 is 5.32 Å². The molecule has 0 aliphatic heterocycles. The van der Waals surface area contributed by atoms with E-state index in [4.69, 9.17) is 4.74 Å². The van der Waals surface area contributed by atoms with Gasteiger partial charge in [0.15, 0.2) is 0 Å². The second-order valence-corrected chi connectivity index (χ2v) is 4.86. The molecule has 1 heterocycles. The van der Waals surface area contributed by atoms with E-state index in [1.807, 2.05) is 6.07 Å². The Hall–Kier alpha value is -3.15. The van der Waals surface area contributed by atoms with E-state index in [9.17, 15) is 9.59 Å². The van der Waals surface area contributed by atoms with Gasteiger partial charge in [0.05, 0.1) is 29.6 Å². The van der Waals surface area contributed by atoms with Crippen LogP contribution >= 0.6 is 0 Å². The van der Waals surface area contributed by atoms with Crippen LogP contribution in [0.15, 0.2) is 48.8 Å². The molecule has 0 aliphatic rings. The van der Waals surface area contributed by atoms with Crippen molar-refractivity contribution in [1.82, 2.24) is 9.97 Å². The van der Waals surface area contributed by atoms with Crippen molar-refractivity contribution in [2.24, 2.45) is 0 Å². The first-order valence-electron chi connectivity index (χ1n) is 7.19. The lowest BCUT2D eigenvalue weighted by Gasteiger charge is -2.07. The van der Waals surface area contributed by atoms with Crippen molar-refractivity contribution in [3.05, 3.63) is 59.9 Å². The normalized spacial score (nSPS) is 10.5. The summed E-state index contributed by atoms with van der Waals surface area (Å²) in [6, 6.07) is 11.9. The SMILES string of the molecule is CCOC(=O)c1ccc(NC(=O)c2cccc3[nH]cnc23)cc1. The fourth-order valence-corrected chi connectivity index (χ4v) is 2.25. The van der Waals surface area contributed by atoms with Crippen LogP contribution in [0, 0.1) is 0 Å². The summed E-state index contributed by atoms with van der Waals surface area (Å²) < 4.78 is 4.92. The molecule has 1 aromatic heterocycles. The number of nitrogens with one attached hydrogen (secondary N) is 2. The number of hydrogen-bond donors (Lipinski definition) is 2. The molecule has 2 N–H and O–H groups in total. The third-order valence-corrected chi connectivity index (χ3v) is 3.35. The molecule has 0 atom stereocenters. The number of carbonyl (C=O) groups is 2. The number of amides is 1. The van der Waals surface area contributed by atoms with E-state index in [0.29, 0.717) is 28.9 Å². The lowest BCUT2D eigenvalue weighted by molar-refractivity contribution is 0.0526. The molecule has 1 amide bonds. The van der Waals surface area contributed by atoms with Gasteiger partial charge in [-0.1, -0.05) is 6.07 Å². The molecule has 0 saturated heterocycles. The Bertz CT molecular complexity index is 853. The summed E-state index contributed by atoms with van der Waals surface area (Å²) in [6.45, 7) is 2.08. The lowest BCUT2D eigenvalue weighted by atomic mass is 10.1. The maximum absolute atomic E-state index is 12.4. The van der Waals surface area contributed by atoms with Crippen molar-refractivity contribution in [1.29, 1.82) is 0 Å². The third-order valence-electron chi connectivity index (χ3n) is 3.35.